The summed E-state index contributed by atoms with van der Waals surface area (Å²) in [5, 5.41) is 10.3. The lowest BCUT2D eigenvalue weighted by Gasteiger charge is -2.20. The van der Waals surface area contributed by atoms with Gasteiger partial charge in [0.25, 0.3) is 0 Å². The summed E-state index contributed by atoms with van der Waals surface area (Å²) in [5.74, 6) is 0. The van der Waals surface area contributed by atoms with Gasteiger partial charge in [-0.05, 0) is 61.4 Å². The van der Waals surface area contributed by atoms with Crippen molar-refractivity contribution >= 4 is 15.9 Å². The fourth-order valence-electron chi connectivity index (χ4n) is 2.26. The van der Waals surface area contributed by atoms with Gasteiger partial charge >= 0.3 is 0 Å². The van der Waals surface area contributed by atoms with E-state index in [1.165, 1.54) is 18.4 Å². The highest BCUT2D eigenvalue weighted by molar-refractivity contribution is 9.10. The Morgan fingerprint density at radius 1 is 1.31 bits per heavy atom. The summed E-state index contributed by atoms with van der Waals surface area (Å²) in [5.41, 5.74) is 3.38. The zero-order valence-corrected chi connectivity index (χ0v) is 11.1. The summed E-state index contributed by atoms with van der Waals surface area (Å²) < 4.78 is 1.07. The molecule has 0 fully saturated rings. The van der Waals surface area contributed by atoms with Crippen LogP contribution in [0.1, 0.15) is 42.9 Å². The van der Waals surface area contributed by atoms with E-state index < -0.39 is 6.10 Å². The molecule has 2 heteroatoms. The summed E-state index contributed by atoms with van der Waals surface area (Å²) in [6.07, 6.45) is 6.41. The Morgan fingerprint density at radius 3 is 2.75 bits per heavy atom. The minimum atomic E-state index is -0.409. The van der Waals surface area contributed by atoms with Gasteiger partial charge in [-0.15, -0.1) is 0 Å². The molecule has 0 heterocycles. The molecule has 0 saturated heterocycles. The fourth-order valence-corrected chi connectivity index (χ4v) is 2.73. The van der Waals surface area contributed by atoms with E-state index in [1.54, 1.807) is 0 Å². The van der Waals surface area contributed by atoms with E-state index in [4.69, 9.17) is 0 Å². The van der Waals surface area contributed by atoms with Gasteiger partial charge in [0.15, 0.2) is 0 Å². The van der Waals surface area contributed by atoms with Gasteiger partial charge in [0, 0.05) is 4.47 Å². The van der Waals surface area contributed by atoms with E-state index in [9.17, 15) is 5.11 Å². The highest BCUT2D eigenvalue weighted by atomic mass is 79.9. The fraction of sp³-hybridized carbons (Fsp3) is 0.429. The standard InChI is InChI=1S/C14H17BrO/c1-10-9-12(15)7-8-13(10)14(16)11-5-3-2-4-6-11/h5,7-9,14,16H,2-4,6H2,1H3. The highest BCUT2D eigenvalue weighted by Gasteiger charge is 2.16. The predicted octanol–water partition coefficient (Wildman–Crippen LogP) is 4.29. The summed E-state index contributed by atoms with van der Waals surface area (Å²) in [4.78, 5) is 0. The molecule has 1 aromatic carbocycles. The molecule has 1 unspecified atom stereocenters. The SMILES string of the molecule is Cc1cc(Br)ccc1C(O)C1=CCCCC1. The van der Waals surface area contributed by atoms with Gasteiger partial charge in [-0.2, -0.15) is 0 Å². The van der Waals surface area contributed by atoms with Crippen LogP contribution in [-0.2, 0) is 0 Å². The third-order valence-electron chi connectivity index (χ3n) is 3.20. The number of aliphatic hydroxyl groups is 1. The Bertz CT molecular complexity index is 409. The second-order valence-electron chi connectivity index (χ2n) is 4.43. The van der Waals surface area contributed by atoms with Crippen molar-refractivity contribution in [3.63, 3.8) is 0 Å². The largest absolute Gasteiger partial charge is 0.384 e. The first-order chi connectivity index (χ1) is 7.68. The van der Waals surface area contributed by atoms with Gasteiger partial charge in [0.2, 0.25) is 0 Å². The van der Waals surface area contributed by atoms with Crippen molar-refractivity contribution in [2.24, 2.45) is 0 Å². The quantitative estimate of drug-likeness (QED) is 0.802. The van der Waals surface area contributed by atoms with Crippen LogP contribution in [0.25, 0.3) is 0 Å². The number of allylic oxidation sites excluding steroid dienone is 1. The van der Waals surface area contributed by atoms with Crippen molar-refractivity contribution in [3.05, 3.63) is 45.4 Å². The van der Waals surface area contributed by atoms with Gasteiger partial charge in [-0.3, -0.25) is 0 Å². The molecule has 0 spiro atoms. The molecule has 0 aromatic heterocycles. The van der Waals surface area contributed by atoms with Crippen LogP contribution in [0.5, 0.6) is 0 Å². The summed E-state index contributed by atoms with van der Waals surface area (Å²) in [7, 11) is 0. The third kappa shape index (κ3) is 2.55. The van der Waals surface area contributed by atoms with Crippen molar-refractivity contribution in [2.75, 3.05) is 0 Å². The first-order valence-electron chi connectivity index (χ1n) is 5.81. The number of aryl methyl sites for hydroxylation is 1. The van der Waals surface area contributed by atoms with Crippen LogP contribution in [0.15, 0.2) is 34.3 Å². The molecule has 1 aliphatic carbocycles. The number of aliphatic hydroxyl groups excluding tert-OH is 1. The van der Waals surface area contributed by atoms with Crippen LogP contribution in [0.4, 0.5) is 0 Å². The first kappa shape index (κ1) is 11.9. The Morgan fingerprint density at radius 2 is 2.12 bits per heavy atom. The molecule has 0 saturated carbocycles. The van der Waals surface area contributed by atoms with Gasteiger partial charge < -0.3 is 5.11 Å². The lowest BCUT2D eigenvalue weighted by molar-refractivity contribution is 0.207. The lowest BCUT2D eigenvalue weighted by Crippen LogP contribution is -2.06. The molecule has 1 aromatic rings. The summed E-state index contributed by atoms with van der Waals surface area (Å²) >= 11 is 3.45. The molecule has 2 rings (SSSR count). The first-order valence-corrected chi connectivity index (χ1v) is 6.61. The predicted molar refractivity (Wildman–Crippen MR) is 70.4 cm³/mol. The Kier molecular flexibility index (Phi) is 3.82. The smallest absolute Gasteiger partial charge is 0.100 e. The molecule has 0 bridgehead atoms. The van der Waals surface area contributed by atoms with E-state index in [0.29, 0.717) is 0 Å². The van der Waals surface area contributed by atoms with Gasteiger partial charge in [-0.25, -0.2) is 0 Å². The van der Waals surface area contributed by atoms with Crippen molar-refractivity contribution in [2.45, 2.75) is 38.7 Å². The molecule has 86 valence electrons. The third-order valence-corrected chi connectivity index (χ3v) is 3.70. The maximum Gasteiger partial charge on any atom is 0.100 e. The van der Waals surface area contributed by atoms with Crippen LogP contribution in [-0.4, -0.2) is 5.11 Å². The second-order valence-corrected chi connectivity index (χ2v) is 5.34. The van der Waals surface area contributed by atoms with Crippen molar-refractivity contribution < 1.29 is 5.11 Å². The van der Waals surface area contributed by atoms with Crippen LogP contribution < -0.4 is 0 Å². The van der Waals surface area contributed by atoms with Gasteiger partial charge in [-0.1, -0.05) is 28.1 Å². The molecule has 1 N–H and O–H groups in total. The summed E-state index contributed by atoms with van der Waals surface area (Å²) in [6, 6.07) is 6.07. The monoisotopic (exact) mass is 280 g/mol. The number of halogens is 1. The number of hydrogen-bond acceptors (Lipinski definition) is 1. The van der Waals surface area contributed by atoms with Crippen LogP contribution in [0.3, 0.4) is 0 Å². The Hall–Kier alpha value is -0.600. The molecule has 1 nitrogen and oxygen atoms in total. The zero-order valence-electron chi connectivity index (χ0n) is 9.54. The Labute approximate surface area is 105 Å². The van der Waals surface area contributed by atoms with Crippen molar-refractivity contribution in [1.29, 1.82) is 0 Å². The Balaban J connectivity index is 2.26. The summed E-state index contributed by atoms with van der Waals surface area (Å²) in [6.45, 7) is 2.05. The van der Waals surface area contributed by atoms with E-state index in [1.807, 2.05) is 19.1 Å². The topological polar surface area (TPSA) is 20.2 Å². The number of rotatable bonds is 2. The van der Waals surface area contributed by atoms with Crippen LogP contribution >= 0.6 is 15.9 Å². The van der Waals surface area contributed by atoms with E-state index in [0.717, 1.165) is 28.4 Å². The highest BCUT2D eigenvalue weighted by Crippen LogP contribution is 2.32. The molecule has 0 aliphatic heterocycles. The molecule has 16 heavy (non-hydrogen) atoms. The molecule has 1 aliphatic rings. The normalized spacial score (nSPS) is 18.1. The van der Waals surface area contributed by atoms with Crippen molar-refractivity contribution in [1.82, 2.24) is 0 Å². The average molecular weight is 281 g/mol. The minimum absolute atomic E-state index is 0.409. The van der Waals surface area contributed by atoms with Gasteiger partial charge in [0.1, 0.15) is 6.10 Å². The molecular formula is C14H17BrO. The molecule has 1 atom stereocenters. The van der Waals surface area contributed by atoms with Crippen molar-refractivity contribution in [3.8, 4) is 0 Å². The van der Waals surface area contributed by atoms with E-state index in [2.05, 4.69) is 28.1 Å². The molecule has 0 radical (unpaired) electrons. The second kappa shape index (κ2) is 5.15. The zero-order chi connectivity index (χ0) is 11.5. The molecule has 0 amide bonds. The number of hydrogen-bond donors (Lipinski definition) is 1. The minimum Gasteiger partial charge on any atom is -0.384 e. The van der Waals surface area contributed by atoms with Crippen LogP contribution in [0.2, 0.25) is 0 Å². The van der Waals surface area contributed by atoms with E-state index in [-0.39, 0.29) is 0 Å². The van der Waals surface area contributed by atoms with Gasteiger partial charge in [0.05, 0.1) is 0 Å². The molecular weight excluding hydrogens is 264 g/mol. The van der Waals surface area contributed by atoms with E-state index >= 15 is 0 Å². The maximum atomic E-state index is 10.3. The lowest BCUT2D eigenvalue weighted by atomic mass is 9.90. The maximum absolute atomic E-state index is 10.3. The number of benzene rings is 1. The average Bonchev–Trinajstić information content (AvgIpc) is 2.29. The van der Waals surface area contributed by atoms with Crippen LogP contribution in [0, 0.1) is 6.92 Å².